The third kappa shape index (κ3) is 4.52. The van der Waals surface area contributed by atoms with Gasteiger partial charge in [0.15, 0.2) is 0 Å². The van der Waals surface area contributed by atoms with E-state index in [0.717, 1.165) is 18.4 Å². The Balaban J connectivity index is 1.90. The van der Waals surface area contributed by atoms with Crippen molar-refractivity contribution in [2.24, 2.45) is 0 Å². The van der Waals surface area contributed by atoms with Gasteiger partial charge in [0.25, 0.3) is 0 Å². The van der Waals surface area contributed by atoms with Gasteiger partial charge in [-0.15, -0.1) is 0 Å². The Morgan fingerprint density at radius 1 is 1.19 bits per heavy atom. The van der Waals surface area contributed by atoms with Crippen LogP contribution in [0.25, 0.3) is 0 Å². The number of amides is 2. The van der Waals surface area contributed by atoms with Gasteiger partial charge < -0.3 is 20.8 Å². The van der Waals surface area contributed by atoms with E-state index in [1.807, 2.05) is 12.2 Å². The SMILES string of the molecule is O=C(NC1CC=CC1)NC(Cc1ccc(O)cc1)C(=O)O. The van der Waals surface area contributed by atoms with Crippen LogP contribution < -0.4 is 10.6 Å². The van der Waals surface area contributed by atoms with Crippen LogP contribution >= 0.6 is 0 Å². The smallest absolute Gasteiger partial charge is 0.326 e. The summed E-state index contributed by atoms with van der Waals surface area (Å²) >= 11 is 0. The van der Waals surface area contributed by atoms with Crippen LogP contribution in [0.1, 0.15) is 18.4 Å². The quantitative estimate of drug-likeness (QED) is 0.616. The lowest BCUT2D eigenvalue weighted by Gasteiger charge is -2.18. The third-order valence-electron chi connectivity index (χ3n) is 3.32. The van der Waals surface area contributed by atoms with Crippen molar-refractivity contribution in [3.63, 3.8) is 0 Å². The van der Waals surface area contributed by atoms with Crippen LogP contribution in [0.2, 0.25) is 0 Å². The Kier molecular flexibility index (Phi) is 4.81. The average molecular weight is 290 g/mol. The van der Waals surface area contributed by atoms with Gasteiger partial charge in [-0.1, -0.05) is 24.3 Å². The topological polar surface area (TPSA) is 98.7 Å². The molecule has 4 N–H and O–H groups in total. The lowest BCUT2D eigenvalue weighted by molar-refractivity contribution is -0.139. The predicted octanol–water partition coefficient (Wildman–Crippen LogP) is 1.41. The Morgan fingerprint density at radius 2 is 1.81 bits per heavy atom. The third-order valence-corrected chi connectivity index (χ3v) is 3.32. The van der Waals surface area contributed by atoms with Gasteiger partial charge in [-0.25, -0.2) is 9.59 Å². The molecule has 0 aromatic heterocycles. The maximum absolute atomic E-state index is 11.8. The molecule has 0 saturated heterocycles. The molecule has 0 heterocycles. The van der Waals surface area contributed by atoms with Crippen molar-refractivity contribution in [1.29, 1.82) is 0 Å². The maximum Gasteiger partial charge on any atom is 0.326 e. The maximum atomic E-state index is 11.8. The summed E-state index contributed by atoms with van der Waals surface area (Å²) in [6, 6.07) is 4.78. The Labute approximate surface area is 122 Å². The Morgan fingerprint density at radius 3 is 2.38 bits per heavy atom. The van der Waals surface area contributed by atoms with E-state index < -0.39 is 18.0 Å². The number of phenolic OH excluding ortho intramolecular Hbond substituents is 1. The highest BCUT2D eigenvalue weighted by atomic mass is 16.4. The van der Waals surface area contributed by atoms with Crippen molar-refractivity contribution in [2.75, 3.05) is 0 Å². The number of carbonyl (C=O) groups excluding carboxylic acids is 1. The average Bonchev–Trinajstić information content (AvgIpc) is 2.93. The van der Waals surface area contributed by atoms with Gasteiger partial charge in [0, 0.05) is 12.5 Å². The van der Waals surface area contributed by atoms with Crippen molar-refractivity contribution < 1.29 is 19.8 Å². The number of hydrogen-bond donors (Lipinski definition) is 4. The molecule has 1 aromatic carbocycles. The highest BCUT2D eigenvalue weighted by molar-refractivity contribution is 5.82. The lowest BCUT2D eigenvalue weighted by Crippen LogP contribution is -2.49. The zero-order valence-corrected chi connectivity index (χ0v) is 11.5. The van der Waals surface area contributed by atoms with Gasteiger partial charge in [0.1, 0.15) is 11.8 Å². The minimum absolute atomic E-state index is 0.0353. The molecule has 1 unspecified atom stereocenters. The number of phenols is 1. The standard InChI is InChI=1S/C15H18N2O4/c18-12-7-5-10(6-8-12)9-13(14(19)20)17-15(21)16-11-3-1-2-4-11/h1-2,5-8,11,13,18H,3-4,9H2,(H,19,20)(H2,16,17,21). The molecule has 6 heteroatoms. The number of carboxylic acid groups (broad SMARTS) is 1. The van der Waals surface area contributed by atoms with E-state index in [2.05, 4.69) is 10.6 Å². The van der Waals surface area contributed by atoms with Crippen LogP contribution in [-0.4, -0.2) is 34.3 Å². The molecule has 6 nitrogen and oxygen atoms in total. The largest absolute Gasteiger partial charge is 0.508 e. The second-order valence-electron chi connectivity index (χ2n) is 5.02. The molecule has 0 spiro atoms. The van der Waals surface area contributed by atoms with E-state index in [4.69, 9.17) is 0 Å². The molecule has 1 aromatic rings. The number of hydrogen-bond acceptors (Lipinski definition) is 3. The molecule has 21 heavy (non-hydrogen) atoms. The molecule has 0 bridgehead atoms. The van der Waals surface area contributed by atoms with Gasteiger partial charge in [-0.2, -0.15) is 0 Å². The fourth-order valence-electron chi connectivity index (χ4n) is 2.19. The summed E-state index contributed by atoms with van der Waals surface area (Å²) < 4.78 is 0. The van der Waals surface area contributed by atoms with Crippen LogP contribution in [-0.2, 0) is 11.2 Å². The van der Waals surface area contributed by atoms with Crippen molar-refractivity contribution in [3.8, 4) is 5.75 Å². The predicted molar refractivity (Wildman–Crippen MR) is 77.1 cm³/mol. The fraction of sp³-hybridized carbons (Fsp3) is 0.333. The fourth-order valence-corrected chi connectivity index (χ4v) is 2.19. The zero-order valence-electron chi connectivity index (χ0n) is 11.5. The number of benzene rings is 1. The van der Waals surface area contributed by atoms with Crippen LogP contribution in [0.15, 0.2) is 36.4 Å². The molecule has 112 valence electrons. The minimum Gasteiger partial charge on any atom is -0.508 e. The highest BCUT2D eigenvalue weighted by Gasteiger charge is 2.22. The molecular formula is C15H18N2O4. The van der Waals surface area contributed by atoms with Crippen molar-refractivity contribution >= 4 is 12.0 Å². The summed E-state index contributed by atoms with van der Waals surface area (Å²) in [6.07, 6.45) is 5.66. The second kappa shape index (κ2) is 6.78. The number of rotatable bonds is 5. The van der Waals surface area contributed by atoms with Gasteiger partial charge in [-0.05, 0) is 30.5 Å². The monoisotopic (exact) mass is 290 g/mol. The minimum atomic E-state index is -1.09. The van der Waals surface area contributed by atoms with Gasteiger partial charge in [0.05, 0.1) is 0 Å². The number of urea groups is 1. The molecular weight excluding hydrogens is 272 g/mol. The van der Waals surface area contributed by atoms with E-state index >= 15 is 0 Å². The first-order valence-corrected chi connectivity index (χ1v) is 6.77. The molecule has 0 fully saturated rings. The van der Waals surface area contributed by atoms with Gasteiger partial charge >= 0.3 is 12.0 Å². The van der Waals surface area contributed by atoms with Crippen molar-refractivity contribution in [1.82, 2.24) is 10.6 Å². The summed E-state index contributed by atoms with van der Waals surface area (Å²) in [5.41, 5.74) is 0.725. The summed E-state index contributed by atoms with van der Waals surface area (Å²) in [4.78, 5) is 23.0. The van der Waals surface area contributed by atoms with Crippen molar-refractivity contribution in [2.45, 2.75) is 31.3 Å². The van der Waals surface area contributed by atoms with E-state index in [0.29, 0.717) is 0 Å². The molecule has 1 aliphatic rings. The Hall–Kier alpha value is -2.50. The van der Waals surface area contributed by atoms with E-state index in [-0.39, 0.29) is 18.2 Å². The number of aromatic hydroxyl groups is 1. The summed E-state index contributed by atoms with van der Waals surface area (Å²) in [6.45, 7) is 0. The van der Waals surface area contributed by atoms with Crippen LogP contribution in [0.3, 0.4) is 0 Å². The summed E-state index contributed by atoms with van der Waals surface area (Å²) in [5, 5.41) is 23.6. The molecule has 1 aliphatic carbocycles. The normalized spacial score (nSPS) is 15.6. The molecule has 2 amide bonds. The van der Waals surface area contributed by atoms with E-state index in [9.17, 15) is 19.8 Å². The number of carbonyl (C=O) groups is 2. The van der Waals surface area contributed by atoms with Crippen LogP contribution in [0.4, 0.5) is 4.79 Å². The van der Waals surface area contributed by atoms with Gasteiger partial charge in [0.2, 0.25) is 0 Å². The highest BCUT2D eigenvalue weighted by Crippen LogP contribution is 2.12. The summed E-state index contributed by atoms with van der Waals surface area (Å²) in [5.74, 6) is -0.979. The first-order chi connectivity index (χ1) is 10.0. The molecule has 0 saturated carbocycles. The second-order valence-corrected chi connectivity index (χ2v) is 5.02. The Bertz CT molecular complexity index is 531. The lowest BCUT2D eigenvalue weighted by atomic mass is 10.1. The molecule has 1 atom stereocenters. The van der Waals surface area contributed by atoms with Crippen molar-refractivity contribution in [3.05, 3.63) is 42.0 Å². The number of nitrogens with one attached hydrogen (secondary N) is 2. The van der Waals surface area contributed by atoms with Crippen LogP contribution in [0, 0.1) is 0 Å². The zero-order chi connectivity index (χ0) is 15.2. The number of aliphatic carboxylic acids is 1. The van der Waals surface area contributed by atoms with E-state index in [1.165, 1.54) is 12.1 Å². The molecule has 0 radical (unpaired) electrons. The first kappa shape index (κ1) is 14.9. The molecule has 2 rings (SSSR count). The molecule has 0 aliphatic heterocycles. The number of carboxylic acids is 1. The summed E-state index contributed by atoms with van der Waals surface area (Å²) in [7, 11) is 0. The van der Waals surface area contributed by atoms with Gasteiger partial charge in [-0.3, -0.25) is 0 Å². The van der Waals surface area contributed by atoms with Crippen LogP contribution in [0.5, 0.6) is 5.75 Å². The first-order valence-electron chi connectivity index (χ1n) is 6.77. The van der Waals surface area contributed by atoms with E-state index in [1.54, 1.807) is 12.1 Å².